The predicted octanol–water partition coefficient (Wildman–Crippen LogP) is 2.25. The molecule has 2 N–H and O–H groups in total. The molecule has 108 valence electrons. The maximum absolute atomic E-state index is 9.52. The fraction of sp³-hybridized carbons (Fsp3) is 1.00. The van der Waals surface area contributed by atoms with Crippen LogP contribution in [0.4, 0.5) is 0 Å². The van der Waals surface area contributed by atoms with Gasteiger partial charge in [0.05, 0.1) is 6.61 Å². The first-order chi connectivity index (χ1) is 8.45. The van der Waals surface area contributed by atoms with Crippen molar-refractivity contribution >= 4 is 0 Å². The molecule has 0 aromatic carbocycles. The van der Waals surface area contributed by atoms with Crippen LogP contribution in [0, 0.1) is 5.92 Å². The van der Waals surface area contributed by atoms with Gasteiger partial charge in [0.1, 0.15) is 0 Å². The standard InChI is InChI=1S/C15H32N2O/c1-13(2)11-17(4)10-6-5-9-15(3,12-18)16-14-7-8-14/h13-14,16,18H,5-12H2,1-4H3. The molecule has 1 aliphatic carbocycles. The molecular formula is C15H32N2O. The summed E-state index contributed by atoms with van der Waals surface area (Å²) >= 11 is 0. The number of hydrogen-bond acceptors (Lipinski definition) is 3. The minimum absolute atomic E-state index is 0.0578. The minimum Gasteiger partial charge on any atom is -0.394 e. The Morgan fingerprint density at radius 3 is 2.50 bits per heavy atom. The first-order valence-electron chi connectivity index (χ1n) is 7.52. The molecular weight excluding hydrogens is 224 g/mol. The maximum atomic E-state index is 9.52. The normalized spacial score (nSPS) is 19.5. The molecule has 0 spiro atoms. The van der Waals surface area contributed by atoms with Crippen molar-refractivity contribution in [2.24, 2.45) is 5.92 Å². The molecule has 1 aliphatic rings. The third kappa shape index (κ3) is 6.72. The molecule has 3 nitrogen and oxygen atoms in total. The molecule has 0 aliphatic heterocycles. The summed E-state index contributed by atoms with van der Waals surface area (Å²) in [5, 5.41) is 13.1. The smallest absolute Gasteiger partial charge is 0.0610 e. The number of nitrogens with zero attached hydrogens (tertiary/aromatic N) is 1. The second-order valence-corrected chi connectivity index (χ2v) is 6.75. The summed E-state index contributed by atoms with van der Waals surface area (Å²) in [7, 11) is 2.20. The summed E-state index contributed by atoms with van der Waals surface area (Å²) in [6, 6.07) is 0.672. The van der Waals surface area contributed by atoms with Crippen LogP contribution in [0.25, 0.3) is 0 Å². The van der Waals surface area contributed by atoms with Crippen molar-refractivity contribution in [2.75, 3.05) is 26.7 Å². The van der Waals surface area contributed by atoms with E-state index in [0.717, 1.165) is 12.3 Å². The van der Waals surface area contributed by atoms with Gasteiger partial charge in [-0.1, -0.05) is 20.3 Å². The van der Waals surface area contributed by atoms with Gasteiger partial charge < -0.3 is 15.3 Å². The minimum atomic E-state index is -0.0578. The highest BCUT2D eigenvalue weighted by atomic mass is 16.3. The van der Waals surface area contributed by atoms with Crippen molar-refractivity contribution in [3.63, 3.8) is 0 Å². The summed E-state index contributed by atoms with van der Waals surface area (Å²) in [6.45, 7) is 9.28. The molecule has 0 amide bonds. The number of aliphatic hydroxyl groups is 1. The van der Waals surface area contributed by atoms with Gasteiger partial charge in [-0.05, 0) is 52.1 Å². The highest BCUT2D eigenvalue weighted by Gasteiger charge is 2.31. The van der Waals surface area contributed by atoms with E-state index in [0.29, 0.717) is 6.04 Å². The molecule has 1 unspecified atom stereocenters. The zero-order valence-corrected chi connectivity index (χ0v) is 12.7. The Hall–Kier alpha value is -0.120. The molecule has 0 saturated heterocycles. The van der Waals surface area contributed by atoms with Crippen LogP contribution in [0.3, 0.4) is 0 Å². The van der Waals surface area contributed by atoms with Crippen LogP contribution in [0.5, 0.6) is 0 Å². The molecule has 0 heterocycles. The number of aliphatic hydroxyl groups excluding tert-OH is 1. The lowest BCUT2D eigenvalue weighted by atomic mass is 9.95. The van der Waals surface area contributed by atoms with Crippen LogP contribution < -0.4 is 5.32 Å². The van der Waals surface area contributed by atoms with E-state index in [9.17, 15) is 5.11 Å². The van der Waals surface area contributed by atoms with Crippen LogP contribution in [-0.2, 0) is 0 Å². The molecule has 1 rings (SSSR count). The summed E-state index contributed by atoms with van der Waals surface area (Å²) in [6.07, 6.45) is 6.07. The Bertz CT molecular complexity index is 229. The molecule has 1 saturated carbocycles. The first-order valence-corrected chi connectivity index (χ1v) is 7.52. The van der Waals surface area contributed by atoms with Gasteiger partial charge >= 0.3 is 0 Å². The van der Waals surface area contributed by atoms with E-state index in [1.165, 1.54) is 38.8 Å². The third-order valence-electron chi connectivity index (χ3n) is 3.67. The fourth-order valence-corrected chi connectivity index (χ4v) is 2.53. The van der Waals surface area contributed by atoms with Crippen LogP contribution in [0.15, 0.2) is 0 Å². The number of unbranched alkanes of at least 4 members (excludes halogenated alkanes) is 1. The van der Waals surface area contributed by atoms with E-state index < -0.39 is 0 Å². The molecule has 0 radical (unpaired) electrons. The Morgan fingerprint density at radius 2 is 2.00 bits per heavy atom. The lowest BCUT2D eigenvalue weighted by Crippen LogP contribution is -2.47. The van der Waals surface area contributed by atoms with E-state index >= 15 is 0 Å². The highest BCUT2D eigenvalue weighted by Crippen LogP contribution is 2.24. The van der Waals surface area contributed by atoms with Crippen LogP contribution in [0.2, 0.25) is 0 Å². The van der Waals surface area contributed by atoms with Crippen molar-refractivity contribution < 1.29 is 5.11 Å². The van der Waals surface area contributed by atoms with E-state index in [1.807, 2.05) is 0 Å². The Balaban J connectivity index is 2.10. The summed E-state index contributed by atoms with van der Waals surface area (Å²) in [4.78, 5) is 2.41. The van der Waals surface area contributed by atoms with Gasteiger partial charge in [0, 0.05) is 18.1 Å². The van der Waals surface area contributed by atoms with Gasteiger partial charge in [-0.25, -0.2) is 0 Å². The lowest BCUT2D eigenvalue weighted by Gasteiger charge is -2.29. The topological polar surface area (TPSA) is 35.5 Å². The number of nitrogens with one attached hydrogen (secondary N) is 1. The summed E-state index contributed by atoms with van der Waals surface area (Å²) in [5.41, 5.74) is -0.0578. The zero-order chi connectivity index (χ0) is 13.6. The molecule has 3 heteroatoms. The van der Waals surface area contributed by atoms with E-state index in [4.69, 9.17) is 0 Å². The number of rotatable bonds is 10. The zero-order valence-electron chi connectivity index (χ0n) is 12.7. The number of hydrogen-bond donors (Lipinski definition) is 2. The van der Waals surface area contributed by atoms with Crippen LogP contribution in [-0.4, -0.2) is 48.3 Å². The van der Waals surface area contributed by atoms with Crippen molar-refractivity contribution in [1.82, 2.24) is 10.2 Å². The quantitative estimate of drug-likeness (QED) is 0.589. The average molecular weight is 256 g/mol. The van der Waals surface area contributed by atoms with Gasteiger partial charge in [0.2, 0.25) is 0 Å². The monoisotopic (exact) mass is 256 g/mol. The Kier molecular flexibility index (Phi) is 6.61. The Labute approximate surface area is 113 Å². The average Bonchev–Trinajstić information content (AvgIpc) is 3.07. The van der Waals surface area contributed by atoms with Crippen LogP contribution in [0.1, 0.15) is 52.9 Å². The van der Waals surface area contributed by atoms with Crippen molar-refractivity contribution in [1.29, 1.82) is 0 Å². The van der Waals surface area contributed by atoms with E-state index in [1.54, 1.807) is 0 Å². The molecule has 0 aromatic rings. The summed E-state index contributed by atoms with van der Waals surface area (Å²) < 4.78 is 0. The molecule has 0 bridgehead atoms. The highest BCUT2D eigenvalue weighted by molar-refractivity contribution is 4.92. The van der Waals surface area contributed by atoms with Gasteiger partial charge in [-0.15, -0.1) is 0 Å². The molecule has 18 heavy (non-hydrogen) atoms. The first kappa shape index (κ1) is 15.9. The second-order valence-electron chi connectivity index (χ2n) is 6.75. The van der Waals surface area contributed by atoms with Crippen molar-refractivity contribution in [2.45, 2.75) is 64.5 Å². The van der Waals surface area contributed by atoms with Crippen molar-refractivity contribution in [3.05, 3.63) is 0 Å². The van der Waals surface area contributed by atoms with E-state index in [2.05, 4.69) is 38.0 Å². The van der Waals surface area contributed by atoms with Crippen LogP contribution >= 0.6 is 0 Å². The largest absolute Gasteiger partial charge is 0.394 e. The predicted molar refractivity (Wildman–Crippen MR) is 77.8 cm³/mol. The second kappa shape index (κ2) is 7.46. The molecule has 1 fully saturated rings. The SMILES string of the molecule is CC(C)CN(C)CCCCC(C)(CO)NC1CC1. The van der Waals surface area contributed by atoms with Gasteiger partial charge in [-0.2, -0.15) is 0 Å². The molecule has 0 aromatic heterocycles. The maximum Gasteiger partial charge on any atom is 0.0610 e. The Morgan fingerprint density at radius 1 is 1.33 bits per heavy atom. The third-order valence-corrected chi connectivity index (χ3v) is 3.67. The fourth-order valence-electron chi connectivity index (χ4n) is 2.53. The van der Waals surface area contributed by atoms with E-state index in [-0.39, 0.29) is 12.1 Å². The lowest BCUT2D eigenvalue weighted by molar-refractivity contribution is 0.159. The van der Waals surface area contributed by atoms with Gasteiger partial charge in [-0.3, -0.25) is 0 Å². The summed E-state index contributed by atoms with van der Waals surface area (Å²) in [5.74, 6) is 0.745. The van der Waals surface area contributed by atoms with Crippen molar-refractivity contribution in [3.8, 4) is 0 Å². The van der Waals surface area contributed by atoms with Gasteiger partial charge in [0.15, 0.2) is 0 Å². The van der Waals surface area contributed by atoms with Gasteiger partial charge in [0.25, 0.3) is 0 Å². The molecule has 1 atom stereocenters.